The normalized spacial score (nSPS) is 11.0. The number of hydrogen-bond donors (Lipinski definition) is 0. The average Bonchev–Trinajstić information content (AvgIpc) is 2.89. The SMILES string of the molecule is Clc1ccc(Cc2nc3ccc(OCCBr)cc3o2)cc1. The van der Waals surface area contributed by atoms with Gasteiger partial charge in [-0.2, -0.15) is 0 Å². The monoisotopic (exact) mass is 365 g/mol. The Balaban J connectivity index is 1.81. The molecule has 0 aliphatic rings. The molecule has 0 fully saturated rings. The zero-order chi connectivity index (χ0) is 14.7. The molecular weight excluding hydrogens is 354 g/mol. The summed E-state index contributed by atoms with van der Waals surface area (Å²) in [7, 11) is 0. The zero-order valence-corrected chi connectivity index (χ0v) is 13.5. The number of oxazole rings is 1. The van der Waals surface area contributed by atoms with Crippen LogP contribution in [0.4, 0.5) is 0 Å². The number of fused-ring (bicyclic) bond motifs is 1. The van der Waals surface area contributed by atoms with Crippen LogP contribution in [-0.2, 0) is 6.42 Å². The Labute approximate surface area is 136 Å². The fraction of sp³-hybridized carbons (Fsp3) is 0.188. The lowest BCUT2D eigenvalue weighted by Crippen LogP contribution is -1.96. The standard InChI is InChI=1S/C16H13BrClNO2/c17-7-8-20-13-5-6-14-15(10-13)21-16(19-14)9-11-1-3-12(18)4-2-11/h1-6,10H,7-9H2. The van der Waals surface area contributed by atoms with Crippen molar-refractivity contribution < 1.29 is 9.15 Å². The van der Waals surface area contributed by atoms with Crippen molar-refractivity contribution in [1.29, 1.82) is 0 Å². The largest absolute Gasteiger partial charge is 0.493 e. The van der Waals surface area contributed by atoms with Crippen molar-refractivity contribution in [2.24, 2.45) is 0 Å². The van der Waals surface area contributed by atoms with E-state index in [-0.39, 0.29) is 0 Å². The molecule has 5 heteroatoms. The highest BCUT2D eigenvalue weighted by atomic mass is 79.9. The minimum atomic E-state index is 0.622. The molecule has 21 heavy (non-hydrogen) atoms. The first-order chi connectivity index (χ1) is 10.2. The van der Waals surface area contributed by atoms with Gasteiger partial charge >= 0.3 is 0 Å². The van der Waals surface area contributed by atoms with E-state index in [1.807, 2.05) is 42.5 Å². The second-order valence-corrected chi connectivity index (χ2v) is 5.81. The Kier molecular flexibility index (Phi) is 4.46. The molecule has 0 radical (unpaired) electrons. The summed E-state index contributed by atoms with van der Waals surface area (Å²) in [4.78, 5) is 4.49. The predicted octanol–water partition coefficient (Wildman–Crippen LogP) is 4.85. The van der Waals surface area contributed by atoms with E-state index in [1.165, 1.54) is 0 Å². The van der Waals surface area contributed by atoms with E-state index < -0.39 is 0 Å². The third-order valence-electron chi connectivity index (χ3n) is 3.02. The third-order valence-corrected chi connectivity index (χ3v) is 3.59. The van der Waals surface area contributed by atoms with Gasteiger partial charge in [-0.1, -0.05) is 39.7 Å². The summed E-state index contributed by atoms with van der Waals surface area (Å²) in [5, 5.41) is 1.52. The fourth-order valence-electron chi connectivity index (χ4n) is 2.05. The van der Waals surface area contributed by atoms with Crippen LogP contribution < -0.4 is 4.74 Å². The van der Waals surface area contributed by atoms with Gasteiger partial charge in [-0.3, -0.25) is 0 Å². The van der Waals surface area contributed by atoms with E-state index in [0.29, 0.717) is 18.9 Å². The van der Waals surface area contributed by atoms with Crippen LogP contribution in [0.15, 0.2) is 46.9 Å². The lowest BCUT2D eigenvalue weighted by Gasteiger charge is -2.02. The van der Waals surface area contributed by atoms with Crippen LogP contribution in [0.1, 0.15) is 11.5 Å². The highest BCUT2D eigenvalue weighted by Gasteiger charge is 2.08. The van der Waals surface area contributed by atoms with Gasteiger partial charge in [0, 0.05) is 22.8 Å². The average molecular weight is 367 g/mol. The Morgan fingerprint density at radius 1 is 1.14 bits per heavy atom. The van der Waals surface area contributed by atoms with Crippen molar-refractivity contribution in [1.82, 2.24) is 4.98 Å². The molecule has 0 spiro atoms. The quantitative estimate of drug-likeness (QED) is 0.606. The van der Waals surface area contributed by atoms with Crippen LogP contribution in [0.2, 0.25) is 5.02 Å². The third kappa shape index (κ3) is 3.57. The van der Waals surface area contributed by atoms with Crippen molar-refractivity contribution in [3.63, 3.8) is 0 Å². The summed E-state index contributed by atoms with van der Waals surface area (Å²) < 4.78 is 11.3. The number of alkyl halides is 1. The number of halogens is 2. The maximum Gasteiger partial charge on any atom is 0.199 e. The van der Waals surface area contributed by atoms with Crippen molar-refractivity contribution in [3.05, 3.63) is 58.9 Å². The topological polar surface area (TPSA) is 35.3 Å². The summed E-state index contributed by atoms with van der Waals surface area (Å²) in [5.74, 6) is 1.47. The van der Waals surface area contributed by atoms with Crippen molar-refractivity contribution in [2.75, 3.05) is 11.9 Å². The summed E-state index contributed by atoms with van der Waals surface area (Å²) in [6.45, 7) is 0.622. The molecular formula is C16H13BrClNO2. The van der Waals surface area contributed by atoms with Gasteiger partial charge in [-0.15, -0.1) is 0 Å². The molecule has 0 N–H and O–H groups in total. The molecule has 2 aromatic carbocycles. The van der Waals surface area contributed by atoms with Gasteiger partial charge < -0.3 is 9.15 Å². The molecule has 3 nitrogen and oxygen atoms in total. The molecule has 3 aromatic rings. The Bertz CT molecular complexity index is 740. The summed E-state index contributed by atoms with van der Waals surface area (Å²) >= 11 is 9.21. The summed E-state index contributed by atoms with van der Waals surface area (Å²) in [6.07, 6.45) is 0.642. The van der Waals surface area contributed by atoms with E-state index in [2.05, 4.69) is 20.9 Å². The lowest BCUT2D eigenvalue weighted by atomic mass is 10.1. The van der Waals surface area contributed by atoms with Crippen molar-refractivity contribution >= 4 is 38.6 Å². The number of benzene rings is 2. The van der Waals surface area contributed by atoms with Gasteiger partial charge in [-0.05, 0) is 29.8 Å². The molecule has 3 rings (SSSR count). The van der Waals surface area contributed by atoms with Gasteiger partial charge in [0.2, 0.25) is 0 Å². The smallest absolute Gasteiger partial charge is 0.199 e. The van der Waals surface area contributed by atoms with Gasteiger partial charge in [0.25, 0.3) is 0 Å². The Morgan fingerprint density at radius 2 is 1.95 bits per heavy atom. The molecule has 1 aromatic heterocycles. The molecule has 0 aliphatic heterocycles. The number of nitrogens with zero attached hydrogens (tertiary/aromatic N) is 1. The molecule has 0 aliphatic carbocycles. The van der Waals surface area contributed by atoms with Crippen LogP contribution >= 0.6 is 27.5 Å². The predicted molar refractivity (Wildman–Crippen MR) is 87.6 cm³/mol. The number of hydrogen-bond acceptors (Lipinski definition) is 3. The highest BCUT2D eigenvalue weighted by Crippen LogP contribution is 2.23. The van der Waals surface area contributed by atoms with E-state index in [4.69, 9.17) is 20.8 Å². The summed E-state index contributed by atoms with van der Waals surface area (Å²) in [6, 6.07) is 13.4. The van der Waals surface area contributed by atoms with E-state index in [9.17, 15) is 0 Å². The lowest BCUT2D eigenvalue weighted by molar-refractivity contribution is 0.345. The van der Waals surface area contributed by atoms with Crippen molar-refractivity contribution in [3.8, 4) is 5.75 Å². The maximum absolute atomic E-state index is 5.88. The maximum atomic E-state index is 5.88. The molecule has 0 atom stereocenters. The van der Waals surface area contributed by atoms with Gasteiger partial charge in [0.05, 0.1) is 6.61 Å². The fourth-order valence-corrected chi connectivity index (χ4v) is 2.34. The first-order valence-corrected chi connectivity index (χ1v) is 8.07. The summed E-state index contributed by atoms with van der Waals surface area (Å²) in [5.41, 5.74) is 2.69. The van der Waals surface area contributed by atoms with Gasteiger partial charge in [0.15, 0.2) is 11.5 Å². The Hall–Kier alpha value is -1.52. The second-order valence-electron chi connectivity index (χ2n) is 4.58. The molecule has 0 saturated carbocycles. The highest BCUT2D eigenvalue weighted by molar-refractivity contribution is 9.09. The number of ether oxygens (including phenoxy) is 1. The molecule has 0 unspecified atom stereocenters. The Morgan fingerprint density at radius 3 is 2.71 bits per heavy atom. The van der Waals surface area contributed by atoms with E-state index in [0.717, 1.165) is 32.8 Å². The van der Waals surface area contributed by atoms with Crippen LogP contribution in [0, 0.1) is 0 Å². The minimum Gasteiger partial charge on any atom is -0.493 e. The molecule has 0 amide bonds. The van der Waals surface area contributed by atoms with Gasteiger partial charge in [0.1, 0.15) is 11.3 Å². The van der Waals surface area contributed by atoms with E-state index >= 15 is 0 Å². The van der Waals surface area contributed by atoms with Crippen LogP contribution in [0.5, 0.6) is 5.75 Å². The van der Waals surface area contributed by atoms with Crippen molar-refractivity contribution in [2.45, 2.75) is 6.42 Å². The molecule has 0 bridgehead atoms. The second kappa shape index (κ2) is 6.50. The molecule has 0 saturated heterocycles. The van der Waals surface area contributed by atoms with Crippen LogP contribution in [0.25, 0.3) is 11.1 Å². The van der Waals surface area contributed by atoms with E-state index in [1.54, 1.807) is 0 Å². The first kappa shape index (κ1) is 14.4. The molecule has 1 heterocycles. The minimum absolute atomic E-state index is 0.622. The number of aromatic nitrogens is 1. The zero-order valence-electron chi connectivity index (χ0n) is 11.2. The van der Waals surface area contributed by atoms with Crippen LogP contribution in [-0.4, -0.2) is 16.9 Å². The van der Waals surface area contributed by atoms with Crippen LogP contribution in [0.3, 0.4) is 0 Å². The van der Waals surface area contributed by atoms with Gasteiger partial charge in [-0.25, -0.2) is 4.98 Å². The number of rotatable bonds is 5. The molecule has 108 valence electrons. The first-order valence-electron chi connectivity index (χ1n) is 6.57.